The molecule has 3 N–H and O–H groups in total. The van der Waals surface area contributed by atoms with Crippen molar-refractivity contribution in [3.05, 3.63) is 35.4 Å². The minimum absolute atomic E-state index is 0.605. The summed E-state index contributed by atoms with van der Waals surface area (Å²) in [5.74, 6) is 0. The number of benzene rings is 1. The molecule has 0 spiro atoms. The standard InChI is InChI=1S/C14H19NO4/c1-14(2,3)19-13(18)15-10-8-6-4-5-7-9(8)11(16)12(10)17/h4-7,10-12,16-17H,1-3H3,(H,15,18)/t10-,11+,12-/m0/s1. The maximum Gasteiger partial charge on any atom is 0.408 e. The number of nitrogens with one attached hydrogen (secondary N) is 1. The van der Waals surface area contributed by atoms with Crippen LogP contribution in [-0.2, 0) is 4.74 Å². The van der Waals surface area contributed by atoms with Gasteiger partial charge in [-0.05, 0) is 31.9 Å². The maximum atomic E-state index is 11.8. The molecule has 1 aromatic carbocycles. The lowest BCUT2D eigenvalue weighted by Gasteiger charge is -2.23. The zero-order valence-electron chi connectivity index (χ0n) is 11.3. The van der Waals surface area contributed by atoms with E-state index in [-0.39, 0.29) is 0 Å². The van der Waals surface area contributed by atoms with Crippen LogP contribution in [0.15, 0.2) is 24.3 Å². The average molecular weight is 265 g/mol. The predicted molar refractivity (Wildman–Crippen MR) is 69.5 cm³/mol. The molecule has 1 aromatic rings. The summed E-state index contributed by atoms with van der Waals surface area (Å²) in [6, 6.07) is 6.44. The summed E-state index contributed by atoms with van der Waals surface area (Å²) in [5, 5.41) is 22.5. The first-order chi connectivity index (χ1) is 8.79. The molecule has 5 nitrogen and oxygen atoms in total. The number of aliphatic hydroxyl groups excluding tert-OH is 2. The molecule has 0 heterocycles. The quantitative estimate of drug-likeness (QED) is 0.721. The lowest BCUT2D eigenvalue weighted by molar-refractivity contribution is 0.00359. The first-order valence-electron chi connectivity index (χ1n) is 6.24. The van der Waals surface area contributed by atoms with Crippen LogP contribution in [0.1, 0.15) is 44.0 Å². The van der Waals surface area contributed by atoms with Gasteiger partial charge in [0, 0.05) is 0 Å². The molecule has 0 bridgehead atoms. The van der Waals surface area contributed by atoms with Crippen LogP contribution in [0.3, 0.4) is 0 Å². The summed E-state index contributed by atoms with van der Waals surface area (Å²) >= 11 is 0. The number of alkyl carbamates (subject to hydrolysis) is 1. The Bertz CT molecular complexity index is 481. The normalized spacial score (nSPS) is 25.8. The van der Waals surface area contributed by atoms with Crippen LogP contribution in [0, 0.1) is 0 Å². The molecule has 1 aliphatic rings. The van der Waals surface area contributed by atoms with Crippen molar-refractivity contribution in [3.63, 3.8) is 0 Å². The molecule has 0 fully saturated rings. The lowest BCUT2D eigenvalue weighted by atomic mass is 10.1. The number of fused-ring (bicyclic) bond motifs is 1. The van der Waals surface area contributed by atoms with Gasteiger partial charge in [0.05, 0.1) is 6.04 Å². The number of hydrogen-bond acceptors (Lipinski definition) is 4. The zero-order valence-corrected chi connectivity index (χ0v) is 11.3. The molecular weight excluding hydrogens is 246 g/mol. The maximum absolute atomic E-state index is 11.8. The second-order valence-electron chi connectivity index (χ2n) is 5.69. The number of rotatable bonds is 1. The number of aliphatic hydroxyl groups is 2. The molecule has 1 amide bonds. The van der Waals surface area contributed by atoms with Crippen LogP contribution < -0.4 is 5.32 Å². The van der Waals surface area contributed by atoms with Gasteiger partial charge in [-0.15, -0.1) is 0 Å². The van der Waals surface area contributed by atoms with Crippen LogP contribution in [0.5, 0.6) is 0 Å². The molecule has 5 heteroatoms. The van der Waals surface area contributed by atoms with Gasteiger partial charge in [0.15, 0.2) is 0 Å². The average Bonchev–Trinajstić information content (AvgIpc) is 2.53. The number of carbonyl (C=O) groups excluding carboxylic acids is 1. The third-order valence-corrected chi connectivity index (χ3v) is 2.99. The highest BCUT2D eigenvalue weighted by atomic mass is 16.6. The summed E-state index contributed by atoms with van der Waals surface area (Å²) in [4.78, 5) is 11.8. The third-order valence-electron chi connectivity index (χ3n) is 2.99. The van der Waals surface area contributed by atoms with Gasteiger partial charge < -0.3 is 20.3 Å². The summed E-state index contributed by atoms with van der Waals surface area (Å²) in [6.45, 7) is 5.29. The summed E-state index contributed by atoms with van der Waals surface area (Å²) in [6.07, 6.45) is -2.67. The minimum atomic E-state index is -1.06. The van der Waals surface area contributed by atoms with Crippen molar-refractivity contribution in [1.29, 1.82) is 0 Å². The number of hydrogen-bond donors (Lipinski definition) is 3. The first kappa shape index (κ1) is 13.8. The molecule has 0 unspecified atom stereocenters. The number of amides is 1. The van der Waals surface area contributed by atoms with Crippen LogP contribution in [0.2, 0.25) is 0 Å². The molecule has 2 rings (SSSR count). The zero-order chi connectivity index (χ0) is 14.2. The summed E-state index contributed by atoms with van der Waals surface area (Å²) in [5.41, 5.74) is 0.746. The van der Waals surface area contributed by atoms with Gasteiger partial charge in [0.2, 0.25) is 0 Å². The largest absolute Gasteiger partial charge is 0.444 e. The first-order valence-corrected chi connectivity index (χ1v) is 6.24. The van der Waals surface area contributed by atoms with Crippen molar-refractivity contribution in [3.8, 4) is 0 Å². The van der Waals surface area contributed by atoms with Gasteiger partial charge >= 0.3 is 6.09 Å². The summed E-state index contributed by atoms with van der Waals surface area (Å²) in [7, 11) is 0. The van der Waals surface area contributed by atoms with Gasteiger partial charge in [0.1, 0.15) is 17.8 Å². The van der Waals surface area contributed by atoms with E-state index in [1.807, 2.05) is 0 Å². The SMILES string of the molecule is CC(C)(C)OC(=O)N[C@H]1c2ccccc2[C@@H](O)[C@H]1O. The van der Waals surface area contributed by atoms with E-state index in [1.165, 1.54) is 0 Å². The van der Waals surface area contributed by atoms with E-state index in [2.05, 4.69) is 5.32 Å². The molecule has 19 heavy (non-hydrogen) atoms. The van der Waals surface area contributed by atoms with Crippen molar-refractivity contribution in [2.75, 3.05) is 0 Å². The van der Waals surface area contributed by atoms with Crippen molar-refractivity contribution < 1.29 is 19.7 Å². The number of carbonyl (C=O) groups is 1. The highest BCUT2D eigenvalue weighted by Gasteiger charge is 2.39. The van der Waals surface area contributed by atoms with Gasteiger partial charge in [-0.2, -0.15) is 0 Å². The fourth-order valence-electron chi connectivity index (χ4n) is 2.21. The minimum Gasteiger partial charge on any atom is -0.444 e. The van der Waals surface area contributed by atoms with Gasteiger partial charge in [-0.25, -0.2) is 4.79 Å². The molecule has 0 aliphatic heterocycles. The van der Waals surface area contributed by atoms with Crippen LogP contribution in [0.25, 0.3) is 0 Å². The molecule has 104 valence electrons. The molecule has 3 atom stereocenters. The number of ether oxygens (including phenoxy) is 1. The molecule has 0 saturated heterocycles. The van der Waals surface area contributed by atoms with E-state index < -0.39 is 29.9 Å². The predicted octanol–water partition coefficient (Wildman–Crippen LogP) is 1.66. The second-order valence-corrected chi connectivity index (χ2v) is 5.69. The lowest BCUT2D eigenvalue weighted by Crippen LogP contribution is -2.38. The van der Waals surface area contributed by atoms with Gasteiger partial charge in [-0.1, -0.05) is 24.3 Å². The van der Waals surface area contributed by atoms with E-state index in [1.54, 1.807) is 45.0 Å². The van der Waals surface area contributed by atoms with Crippen molar-refractivity contribution in [2.45, 2.75) is 44.6 Å². The molecule has 0 saturated carbocycles. The second kappa shape index (κ2) is 4.83. The Morgan fingerprint density at radius 3 is 2.37 bits per heavy atom. The van der Waals surface area contributed by atoms with Crippen molar-refractivity contribution in [2.24, 2.45) is 0 Å². The Kier molecular flexibility index (Phi) is 3.52. The molecule has 1 aliphatic carbocycles. The van der Waals surface area contributed by atoms with Crippen molar-refractivity contribution >= 4 is 6.09 Å². The van der Waals surface area contributed by atoms with Crippen LogP contribution >= 0.6 is 0 Å². The topological polar surface area (TPSA) is 78.8 Å². The fourth-order valence-corrected chi connectivity index (χ4v) is 2.21. The Balaban J connectivity index is 2.15. The monoisotopic (exact) mass is 265 g/mol. The molecule has 0 aromatic heterocycles. The Morgan fingerprint density at radius 1 is 1.21 bits per heavy atom. The molecule has 0 radical (unpaired) electrons. The Labute approximate surface area is 112 Å². The van der Waals surface area contributed by atoms with E-state index in [0.29, 0.717) is 11.1 Å². The van der Waals surface area contributed by atoms with Gasteiger partial charge in [-0.3, -0.25) is 0 Å². The van der Waals surface area contributed by atoms with E-state index in [0.717, 1.165) is 0 Å². The summed E-state index contributed by atoms with van der Waals surface area (Å²) < 4.78 is 5.16. The van der Waals surface area contributed by atoms with Crippen LogP contribution in [-0.4, -0.2) is 28.0 Å². The van der Waals surface area contributed by atoms with E-state index in [4.69, 9.17) is 4.74 Å². The Morgan fingerprint density at radius 2 is 1.79 bits per heavy atom. The fraction of sp³-hybridized carbons (Fsp3) is 0.500. The van der Waals surface area contributed by atoms with E-state index in [9.17, 15) is 15.0 Å². The van der Waals surface area contributed by atoms with Gasteiger partial charge in [0.25, 0.3) is 0 Å². The highest BCUT2D eigenvalue weighted by molar-refractivity contribution is 5.69. The Hall–Kier alpha value is -1.59. The highest BCUT2D eigenvalue weighted by Crippen LogP contribution is 2.38. The van der Waals surface area contributed by atoms with Crippen molar-refractivity contribution in [1.82, 2.24) is 5.32 Å². The van der Waals surface area contributed by atoms with Crippen LogP contribution in [0.4, 0.5) is 4.79 Å². The van der Waals surface area contributed by atoms with E-state index >= 15 is 0 Å². The molecular formula is C14H19NO4. The third kappa shape index (κ3) is 2.88. The smallest absolute Gasteiger partial charge is 0.408 e.